The molecule has 28 heavy (non-hydrogen) atoms. The van der Waals surface area contributed by atoms with Crippen LogP contribution in [0.4, 0.5) is 0 Å². The quantitative estimate of drug-likeness (QED) is 0.630. The maximum atomic E-state index is 5.96. The molecule has 0 saturated carbocycles. The molecule has 3 aromatic rings. The van der Waals surface area contributed by atoms with Gasteiger partial charge >= 0.3 is 0 Å². The second kappa shape index (κ2) is 8.73. The fourth-order valence-corrected chi connectivity index (χ4v) is 3.53. The molecule has 0 amide bonds. The summed E-state index contributed by atoms with van der Waals surface area (Å²) in [6.07, 6.45) is 0. The first-order chi connectivity index (χ1) is 13.7. The fourth-order valence-electron chi connectivity index (χ4n) is 3.40. The van der Waals surface area contributed by atoms with Gasteiger partial charge in [0.25, 0.3) is 0 Å². The molecule has 2 heterocycles. The molecule has 1 aromatic heterocycles. The third-order valence-corrected chi connectivity index (χ3v) is 5.21. The number of hydrogen-bond donors (Lipinski definition) is 0. The molecular formula is C21H23ClN4O2. The molecule has 0 unspecified atom stereocenters. The summed E-state index contributed by atoms with van der Waals surface area (Å²) in [4.78, 5) is 9.35. The van der Waals surface area contributed by atoms with E-state index < -0.39 is 0 Å². The maximum Gasteiger partial charge on any atom is 0.241 e. The second-order valence-corrected chi connectivity index (χ2v) is 7.33. The van der Waals surface area contributed by atoms with Crippen molar-refractivity contribution in [2.45, 2.75) is 13.1 Å². The van der Waals surface area contributed by atoms with E-state index in [1.54, 1.807) is 7.11 Å². The van der Waals surface area contributed by atoms with Crippen LogP contribution in [0.25, 0.3) is 11.4 Å². The molecule has 146 valence electrons. The van der Waals surface area contributed by atoms with Crippen molar-refractivity contribution < 1.29 is 9.26 Å². The van der Waals surface area contributed by atoms with Gasteiger partial charge in [0.15, 0.2) is 0 Å². The van der Waals surface area contributed by atoms with Crippen molar-refractivity contribution in [3.8, 4) is 17.1 Å². The summed E-state index contributed by atoms with van der Waals surface area (Å²) >= 11 is 5.96. The Balaban J connectivity index is 1.32. The van der Waals surface area contributed by atoms with Gasteiger partial charge in [0, 0.05) is 37.7 Å². The summed E-state index contributed by atoms with van der Waals surface area (Å²) in [7, 11) is 1.64. The van der Waals surface area contributed by atoms with Crippen LogP contribution >= 0.6 is 11.6 Å². The highest BCUT2D eigenvalue weighted by Crippen LogP contribution is 2.27. The van der Waals surface area contributed by atoms with Gasteiger partial charge in [-0.05, 0) is 29.8 Å². The lowest BCUT2D eigenvalue weighted by atomic mass is 10.2. The van der Waals surface area contributed by atoms with E-state index in [-0.39, 0.29) is 0 Å². The predicted molar refractivity (Wildman–Crippen MR) is 108 cm³/mol. The van der Waals surface area contributed by atoms with Crippen LogP contribution in [0, 0.1) is 0 Å². The van der Waals surface area contributed by atoms with Crippen LogP contribution in [-0.2, 0) is 13.1 Å². The summed E-state index contributed by atoms with van der Waals surface area (Å²) in [6, 6.07) is 15.8. The molecule has 0 radical (unpaired) electrons. The van der Waals surface area contributed by atoms with E-state index in [1.165, 1.54) is 5.56 Å². The Hall–Kier alpha value is -2.41. The Morgan fingerprint density at radius 1 is 0.964 bits per heavy atom. The number of benzene rings is 2. The van der Waals surface area contributed by atoms with Crippen LogP contribution < -0.4 is 4.74 Å². The minimum absolute atomic E-state index is 0.564. The molecule has 0 N–H and O–H groups in total. The molecule has 4 rings (SSSR count). The van der Waals surface area contributed by atoms with Gasteiger partial charge in [0.05, 0.1) is 19.2 Å². The highest BCUT2D eigenvalue weighted by atomic mass is 35.5. The van der Waals surface area contributed by atoms with Gasteiger partial charge in [-0.25, -0.2) is 0 Å². The van der Waals surface area contributed by atoms with Gasteiger partial charge in [-0.1, -0.05) is 41.0 Å². The van der Waals surface area contributed by atoms with Gasteiger partial charge in [0.2, 0.25) is 11.7 Å². The first-order valence-corrected chi connectivity index (χ1v) is 9.74. The standard InChI is InChI=1S/C21H23ClN4O2/c1-27-19-5-3-2-4-18(19)21-23-20(28-24-21)15-26-12-10-25(11-13-26)14-16-6-8-17(22)9-7-16/h2-9H,10-15H2,1H3. The zero-order valence-corrected chi connectivity index (χ0v) is 16.6. The summed E-state index contributed by atoms with van der Waals surface area (Å²) in [5.74, 6) is 1.94. The average molecular weight is 399 g/mol. The minimum atomic E-state index is 0.564. The molecule has 2 aromatic carbocycles. The zero-order chi connectivity index (χ0) is 19.3. The van der Waals surface area contributed by atoms with E-state index in [4.69, 9.17) is 20.9 Å². The van der Waals surface area contributed by atoms with Gasteiger partial charge in [0.1, 0.15) is 5.75 Å². The first kappa shape index (κ1) is 18.9. The maximum absolute atomic E-state index is 5.96. The average Bonchev–Trinajstić information content (AvgIpc) is 3.19. The van der Waals surface area contributed by atoms with Crippen molar-refractivity contribution in [2.24, 2.45) is 0 Å². The van der Waals surface area contributed by atoms with Crippen molar-refractivity contribution in [1.82, 2.24) is 19.9 Å². The second-order valence-electron chi connectivity index (χ2n) is 6.89. The van der Waals surface area contributed by atoms with Crippen molar-refractivity contribution in [1.29, 1.82) is 0 Å². The van der Waals surface area contributed by atoms with Crippen LogP contribution in [0.2, 0.25) is 5.02 Å². The lowest BCUT2D eigenvalue weighted by molar-refractivity contribution is 0.112. The van der Waals surface area contributed by atoms with E-state index in [2.05, 4.69) is 32.1 Å². The molecule has 0 bridgehead atoms. The molecule has 1 fully saturated rings. The van der Waals surface area contributed by atoms with Crippen molar-refractivity contribution >= 4 is 11.6 Å². The number of hydrogen-bond acceptors (Lipinski definition) is 6. The zero-order valence-electron chi connectivity index (χ0n) is 15.8. The molecule has 1 aliphatic rings. The van der Waals surface area contributed by atoms with Gasteiger partial charge in [-0.3, -0.25) is 9.80 Å². The lowest BCUT2D eigenvalue weighted by Gasteiger charge is -2.33. The Labute approximate surface area is 169 Å². The molecular weight excluding hydrogens is 376 g/mol. The van der Waals surface area contributed by atoms with Crippen LogP contribution in [0.5, 0.6) is 5.75 Å². The number of halogens is 1. The fraction of sp³-hybridized carbons (Fsp3) is 0.333. The lowest BCUT2D eigenvalue weighted by Crippen LogP contribution is -2.45. The van der Waals surface area contributed by atoms with Crippen molar-refractivity contribution in [3.63, 3.8) is 0 Å². The molecule has 1 saturated heterocycles. The molecule has 0 atom stereocenters. The Morgan fingerprint density at radius 3 is 2.36 bits per heavy atom. The van der Waals surface area contributed by atoms with E-state index in [0.29, 0.717) is 18.3 Å². The largest absolute Gasteiger partial charge is 0.496 e. The summed E-state index contributed by atoms with van der Waals surface area (Å²) in [5.41, 5.74) is 2.13. The molecule has 1 aliphatic heterocycles. The van der Waals surface area contributed by atoms with Gasteiger partial charge in [-0.15, -0.1) is 0 Å². The topological polar surface area (TPSA) is 54.6 Å². The van der Waals surface area contributed by atoms with E-state index in [1.807, 2.05) is 36.4 Å². The number of methoxy groups -OCH3 is 1. The van der Waals surface area contributed by atoms with Crippen LogP contribution in [0.1, 0.15) is 11.5 Å². The number of piperazine rings is 1. The molecule has 0 aliphatic carbocycles. The summed E-state index contributed by atoms with van der Waals surface area (Å²) in [5, 5.41) is 4.90. The minimum Gasteiger partial charge on any atom is -0.496 e. The number of ether oxygens (including phenoxy) is 1. The van der Waals surface area contributed by atoms with Gasteiger partial charge in [-0.2, -0.15) is 4.98 Å². The van der Waals surface area contributed by atoms with E-state index >= 15 is 0 Å². The number of nitrogens with zero attached hydrogens (tertiary/aromatic N) is 4. The number of para-hydroxylation sites is 1. The van der Waals surface area contributed by atoms with Crippen molar-refractivity contribution in [3.05, 3.63) is 65.0 Å². The summed E-state index contributed by atoms with van der Waals surface area (Å²) in [6.45, 7) is 5.58. The summed E-state index contributed by atoms with van der Waals surface area (Å²) < 4.78 is 10.9. The van der Waals surface area contributed by atoms with Gasteiger partial charge < -0.3 is 9.26 Å². The third-order valence-electron chi connectivity index (χ3n) is 4.96. The van der Waals surface area contributed by atoms with E-state index in [0.717, 1.165) is 49.1 Å². The van der Waals surface area contributed by atoms with Crippen LogP contribution in [0.15, 0.2) is 53.1 Å². The highest BCUT2D eigenvalue weighted by molar-refractivity contribution is 6.30. The number of aromatic nitrogens is 2. The molecule has 0 spiro atoms. The number of rotatable bonds is 6. The monoisotopic (exact) mass is 398 g/mol. The first-order valence-electron chi connectivity index (χ1n) is 9.36. The third kappa shape index (κ3) is 4.52. The Morgan fingerprint density at radius 2 is 1.64 bits per heavy atom. The van der Waals surface area contributed by atoms with E-state index in [9.17, 15) is 0 Å². The molecule has 7 heteroatoms. The Bertz CT molecular complexity index is 905. The molecule has 6 nitrogen and oxygen atoms in total. The van der Waals surface area contributed by atoms with Crippen molar-refractivity contribution in [2.75, 3.05) is 33.3 Å². The normalized spacial score (nSPS) is 15.6. The highest BCUT2D eigenvalue weighted by Gasteiger charge is 2.20. The SMILES string of the molecule is COc1ccccc1-c1noc(CN2CCN(Cc3ccc(Cl)cc3)CC2)n1. The smallest absolute Gasteiger partial charge is 0.241 e. The van der Waals surface area contributed by atoms with Crippen LogP contribution in [0.3, 0.4) is 0 Å². The van der Waals surface area contributed by atoms with Crippen LogP contribution in [-0.4, -0.2) is 53.2 Å². The predicted octanol–water partition coefficient (Wildman–Crippen LogP) is 3.72. The Kier molecular flexibility index (Phi) is 5.90.